The Morgan fingerprint density at radius 3 is 2.87 bits per heavy atom. The molecule has 154 valence electrons. The average molecular weight is 399 g/mol. The lowest BCUT2D eigenvalue weighted by Gasteiger charge is -2.14. The maximum atomic E-state index is 9.60. The molecule has 1 aliphatic carbocycles. The first kappa shape index (κ1) is 20.5. The number of nitrogens with zero attached hydrogens (tertiary/aromatic N) is 3. The topological polar surface area (TPSA) is 60.5 Å². The minimum atomic E-state index is 0.442. The van der Waals surface area contributed by atoms with Gasteiger partial charge in [0.25, 0.3) is 0 Å². The van der Waals surface area contributed by atoms with Gasteiger partial charge in [0, 0.05) is 11.6 Å². The highest BCUT2D eigenvalue weighted by Gasteiger charge is 2.26. The van der Waals surface area contributed by atoms with Crippen LogP contribution in [0.3, 0.4) is 0 Å². The second kappa shape index (κ2) is 8.93. The first-order valence-electron chi connectivity index (χ1n) is 11.1. The highest BCUT2D eigenvalue weighted by Crippen LogP contribution is 2.34. The van der Waals surface area contributed by atoms with Crippen molar-refractivity contribution in [2.45, 2.75) is 52.5 Å². The predicted molar refractivity (Wildman–Crippen MR) is 123 cm³/mol. The molecule has 4 rings (SSSR count). The maximum absolute atomic E-state index is 9.60. The van der Waals surface area contributed by atoms with Crippen molar-refractivity contribution in [3.8, 4) is 6.07 Å². The Kier molecular flexibility index (Phi) is 6.11. The van der Waals surface area contributed by atoms with E-state index >= 15 is 0 Å². The third kappa shape index (κ3) is 4.08. The number of amidine groups is 1. The molecular weight excluding hydrogens is 368 g/mol. The monoisotopic (exact) mass is 398 g/mol. The first-order chi connectivity index (χ1) is 14.6. The fourth-order valence-electron chi connectivity index (χ4n) is 4.52. The average Bonchev–Trinajstić information content (AvgIpc) is 3.39. The molecule has 1 atom stereocenters. The van der Waals surface area contributed by atoms with Gasteiger partial charge in [0.15, 0.2) is 5.84 Å². The van der Waals surface area contributed by atoms with Gasteiger partial charge in [-0.05, 0) is 66.5 Å². The van der Waals surface area contributed by atoms with Gasteiger partial charge in [-0.1, -0.05) is 51.1 Å². The predicted octanol–water partition coefficient (Wildman–Crippen LogP) is 4.99. The summed E-state index contributed by atoms with van der Waals surface area (Å²) >= 11 is 0. The quantitative estimate of drug-likeness (QED) is 0.714. The highest BCUT2D eigenvalue weighted by atomic mass is 15.0. The summed E-state index contributed by atoms with van der Waals surface area (Å²) in [6.07, 6.45) is 4.27. The second-order valence-electron chi connectivity index (χ2n) is 8.70. The summed E-state index contributed by atoms with van der Waals surface area (Å²) < 4.78 is 0. The molecule has 1 unspecified atom stereocenters. The van der Waals surface area contributed by atoms with Crippen molar-refractivity contribution in [3.05, 3.63) is 69.8 Å². The maximum Gasteiger partial charge on any atom is 0.155 e. The van der Waals surface area contributed by atoms with Crippen LogP contribution < -0.4 is 5.32 Å². The molecular formula is C26H30N4. The van der Waals surface area contributed by atoms with Crippen molar-refractivity contribution in [1.29, 1.82) is 5.26 Å². The zero-order chi connectivity index (χ0) is 21.1. The summed E-state index contributed by atoms with van der Waals surface area (Å²) in [4.78, 5) is 9.66. The van der Waals surface area contributed by atoms with Gasteiger partial charge in [-0.25, -0.2) is 4.99 Å². The molecule has 0 saturated heterocycles. The fraction of sp³-hybridized carbons (Fsp3) is 0.423. The zero-order valence-corrected chi connectivity index (χ0v) is 18.2. The number of nitrogens with one attached hydrogen (secondary N) is 1. The van der Waals surface area contributed by atoms with Gasteiger partial charge < -0.3 is 5.32 Å². The third-order valence-electron chi connectivity index (χ3n) is 5.96. The number of fused-ring (bicyclic) bond motifs is 1. The van der Waals surface area contributed by atoms with E-state index in [1.54, 1.807) is 0 Å². The summed E-state index contributed by atoms with van der Waals surface area (Å²) in [5.41, 5.74) is 7.78. The molecule has 0 aromatic heterocycles. The Bertz CT molecular complexity index is 1040. The van der Waals surface area contributed by atoms with E-state index in [1.807, 2.05) is 6.07 Å². The smallest absolute Gasteiger partial charge is 0.155 e. The number of hydrogen-bond acceptors (Lipinski definition) is 4. The van der Waals surface area contributed by atoms with E-state index in [-0.39, 0.29) is 0 Å². The molecule has 0 bridgehead atoms. The Hall–Kier alpha value is -2.77. The lowest BCUT2D eigenvalue weighted by atomic mass is 9.95. The summed E-state index contributed by atoms with van der Waals surface area (Å²) in [7, 11) is 0. The van der Waals surface area contributed by atoms with Crippen LogP contribution in [0.4, 0.5) is 0 Å². The number of rotatable bonds is 7. The molecule has 4 heteroatoms. The van der Waals surface area contributed by atoms with Crippen molar-refractivity contribution in [1.82, 2.24) is 5.32 Å². The van der Waals surface area contributed by atoms with Crippen molar-refractivity contribution in [2.75, 3.05) is 13.1 Å². The molecule has 0 fully saturated rings. The summed E-state index contributed by atoms with van der Waals surface area (Å²) in [5, 5.41) is 13.3. The van der Waals surface area contributed by atoms with Crippen molar-refractivity contribution in [3.63, 3.8) is 0 Å². The summed E-state index contributed by atoms with van der Waals surface area (Å²) in [6, 6.07) is 15.5. The number of benzene rings is 2. The molecule has 4 nitrogen and oxygen atoms in total. The summed E-state index contributed by atoms with van der Waals surface area (Å²) in [6.45, 7) is 8.18. The molecule has 2 aromatic rings. The van der Waals surface area contributed by atoms with Gasteiger partial charge in [-0.2, -0.15) is 5.26 Å². The van der Waals surface area contributed by atoms with Gasteiger partial charge in [0.05, 0.1) is 23.9 Å². The number of nitriles is 1. The number of aliphatic imine (C=N–C) groups is 2. The van der Waals surface area contributed by atoms with E-state index in [2.05, 4.69) is 62.5 Å². The lowest BCUT2D eigenvalue weighted by Crippen LogP contribution is -2.19. The van der Waals surface area contributed by atoms with E-state index < -0.39 is 0 Å². The van der Waals surface area contributed by atoms with Gasteiger partial charge in [-0.15, -0.1) is 0 Å². The van der Waals surface area contributed by atoms with Crippen molar-refractivity contribution < 1.29 is 0 Å². The normalized spacial score (nSPS) is 17.6. The van der Waals surface area contributed by atoms with Gasteiger partial charge >= 0.3 is 0 Å². The van der Waals surface area contributed by atoms with Crippen molar-refractivity contribution in [2.24, 2.45) is 15.9 Å². The Morgan fingerprint density at radius 1 is 1.23 bits per heavy atom. The Labute approximate surface area is 179 Å². The molecule has 1 aliphatic heterocycles. The highest BCUT2D eigenvalue weighted by molar-refractivity contribution is 6.17. The van der Waals surface area contributed by atoms with Crippen LogP contribution in [0, 0.1) is 17.2 Å². The van der Waals surface area contributed by atoms with Crippen LogP contribution in [0.1, 0.15) is 73.0 Å². The largest absolute Gasteiger partial charge is 0.310 e. The number of hydrogen-bond donors (Lipinski definition) is 1. The van der Waals surface area contributed by atoms with E-state index in [9.17, 15) is 5.26 Å². The third-order valence-corrected chi connectivity index (χ3v) is 5.96. The second-order valence-corrected chi connectivity index (χ2v) is 8.70. The molecule has 30 heavy (non-hydrogen) atoms. The summed E-state index contributed by atoms with van der Waals surface area (Å²) in [5.74, 6) is 1.36. The van der Waals surface area contributed by atoms with E-state index in [0.29, 0.717) is 18.5 Å². The standard InChI is InChI=1S/C26H30N4/c1-4-12-28-24-11-10-21-22(24)6-5-7-23(21)26-29-16-25(30-26)19-9-8-18(13-17(2)3)20(14-19)15-27/h5-9,14,17,24,28H,4,10-13,16H2,1-3H3. The minimum Gasteiger partial charge on any atom is -0.310 e. The van der Waals surface area contributed by atoms with Crippen LogP contribution in [-0.4, -0.2) is 24.6 Å². The van der Waals surface area contributed by atoms with Gasteiger partial charge in [0.2, 0.25) is 0 Å². The fourth-order valence-corrected chi connectivity index (χ4v) is 4.52. The van der Waals surface area contributed by atoms with Crippen LogP contribution in [0.15, 0.2) is 46.4 Å². The molecule has 1 N–H and O–H groups in total. The van der Waals surface area contributed by atoms with Crippen LogP contribution in [0.5, 0.6) is 0 Å². The SMILES string of the molecule is CCCNC1CCc2c(C3=NCC(c4ccc(CC(C)C)c(C#N)c4)=N3)cccc21. The first-order valence-corrected chi connectivity index (χ1v) is 11.1. The zero-order valence-electron chi connectivity index (χ0n) is 18.2. The van der Waals surface area contributed by atoms with E-state index in [1.165, 1.54) is 16.7 Å². The van der Waals surface area contributed by atoms with E-state index in [0.717, 1.165) is 60.5 Å². The van der Waals surface area contributed by atoms with Crippen molar-refractivity contribution >= 4 is 11.5 Å². The molecule has 0 amide bonds. The molecule has 0 radical (unpaired) electrons. The van der Waals surface area contributed by atoms with Gasteiger partial charge in [-0.3, -0.25) is 4.99 Å². The Balaban J connectivity index is 1.59. The van der Waals surface area contributed by atoms with Crippen LogP contribution in [0.2, 0.25) is 0 Å². The minimum absolute atomic E-state index is 0.442. The molecule has 2 aromatic carbocycles. The molecule has 2 aliphatic rings. The molecule has 1 heterocycles. The van der Waals surface area contributed by atoms with E-state index in [4.69, 9.17) is 9.98 Å². The van der Waals surface area contributed by atoms with Crippen LogP contribution in [0.25, 0.3) is 0 Å². The van der Waals surface area contributed by atoms with Crippen LogP contribution >= 0.6 is 0 Å². The molecule has 0 spiro atoms. The van der Waals surface area contributed by atoms with Gasteiger partial charge in [0.1, 0.15) is 0 Å². The Morgan fingerprint density at radius 2 is 2.10 bits per heavy atom. The molecule has 0 saturated carbocycles. The van der Waals surface area contributed by atoms with Crippen LogP contribution in [-0.2, 0) is 12.8 Å². The lowest BCUT2D eigenvalue weighted by molar-refractivity contribution is 0.529.